The van der Waals surface area contributed by atoms with Crippen LogP contribution in [0.25, 0.3) is 0 Å². The number of hydrogen-bond acceptors (Lipinski definition) is 5. The first-order valence-corrected chi connectivity index (χ1v) is 9.73. The molecule has 0 aromatic heterocycles. The van der Waals surface area contributed by atoms with Crippen molar-refractivity contribution in [2.24, 2.45) is 11.8 Å². The number of sulfone groups is 2. The molecule has 1 N–H and O–H groups in total. The normalized spacial score (nSPS) is 24.5. The van der Waals surface area contributed by atoms with Crippen LogP contribution in [0.2, 0.25) is 0 Å². The second-order valence-corrected chi connectivity index (χ2v) is 10.2. The third-order valence-corrected chi connectivity index (χ3v) is 7.62. The molecule has 0 aromatic carbocycles. The second-order valence-electron chi connectivity index (χ2n) is 5.31. The first kappa shape index (κ1) is 16.4. The molecule has 112 valence electrons. The summed E-state index contributed by atoms with van der Waals surface area (Å²) < 4.78 is 46.1. The molecule has 8 heteroatoms. The number of rotatable bonds is 6. The molecule has 2 unspecified atom stereocenters. The van der Waals surface area contributed by atoms with Crippen molar-refractivity contribution in [1.82, 2.24) is 0 Å². The van der Waals surface area contributed by atoms with E-state index < -0.39 is 42.7 Å². The van der Waals surface area contributed by atoms with E-state index in [2.05, 4.69) is 0 Å². The van der Waals surface area contributed by atoms with E-state index in [-0.39, 0.29) is 23.7 Å². The lowest BCUT2D eigenvalue weighted by Crippen LogP contribution is -2.28. The van der Waals surface area contributed by atoms with Gasteiger partial charge in [-0.3, -0.25) is 4.79 Å². The SMILES string of the molecule is CC(C)S(=O)(=O)CCC(C(=O)O)C1CCS(=O)(=O)C1. The van der Waals surface area contributed by atoms with Gasteiger partial charge in [-0.15, -0.1) is 0 Å². The van der Waals surface area contributed by atoms with Gasteiger partial charge in [0.25, 0.3) is 0 Å². The van der Waals surface area contributed by atoms with Crippen LogP contribution in [0.15, 0.2) is 0 Å². The molecular weight excluding hydrogens is 292 g/mol. The third kappa shape index (κ3) is 4.45. The van der Waals surface area contributed by atoms with Gasteiger partial charge in [0, 0.05) is 0 Å². The first-order chi connectivity index (χ1) is 8.55. The highest BCUT2D eigenvalue weighted by atomic mass is 32.2. The Morgan fingerprint density at radius 2 is 1.95 bits per heavy atom. The largest absolute Gasteiger partial charge is 0.481 e. The number of hydrogen-bond donors (Lipinski definition) is 1. The van der Waals surface area contributed by atoms with Crippen LogP contribution >= 0.6 is 0 Å². The van der Waals surface area contributed by atoms with Crippen molar-refractivity contribution < 1.29 is 26.7 Å². The van der Waals surface area contributed by atoms with E-state index in [4.69, 9.17) is 5.11 Å². The van der Waals surface area contributed by atoms with Gasteiger partial charge >= 0.3 is 5.97 Å². The zero-order valence-corrected chi connectivity index (χ0v) is 12.7. The van der Waals surface area contributed by atoms with Crippen molar-refractivity contribution in [1.29, 1.82) is 0 Å². The molecule has 19 heavy (non-hydrogen) atoms. The van der Waals surface area contributed by atoms with Gasteiger partial charge in [-0.2, -0.15) is 0 Å². The van der Waals surface area contributed by atoms with Gasteiger partial charge in [0.05, 0.1) is 28.4 Å². The van der Waals surface area contributed by atoms with Gasteiger partial charge in [-0.05, 0) is 32.6 Å². The minimum atomic E-state index is -3.30. The molecule has 0 spiro atoms. The fraction of sp³-hybridized carbons (Fsp3) is 0.909. The molecule has 1 aliphatic rings. The minimum Gasteiger partial charge on any atom is -0.481 e. The lowest BCUT2D eigenvalue weighted by molar-refractivity contribution is -0.143. The molecule has 1 fully saturated rings. The van der Waals surface area contributed by atoms with E-state index in [1.54, 1.807) is 13.8 Å². The predicted octanol–water partition coefficient (Wildman–Crippen LogP) is 0.335. The van der Waals surface area contributed by atoms with Crippen molar-refractivity contribution in [2.45, 2.75) is 31.9 Å². The van der Waals surface area contributed by atoms with Crippen molar-refractivity contribution in [3.05, 3.63) is 0 Å². The standard InChI is InChI=1S/C11H20O6S2/c1-8(2)19(16,17)6-4-10(11(12)13)9-3-5-18(14,15)7-9/h8-10H,3-7H2,1-2H3,(H,12,13). The van der Waals surface area contributed by atoms with Crippen molar-refractivity contribution in [3.63, 3.8) is 0 Å². The van der Waals surface area contributed by atoms with E-state index in [1.807, 2.05) is 0 Å². The van der Waals surface area contributed by atoms with E-state index >= 15 is 0 Å². The number of carboxylic acid groups (broad SMARTS) is 1. The highest BCUT2D eigenvalue weighted by Crippen LogP contribution is 2.29. The number of carbonyl (C=O) groups is 1. The van der Waals surface area contributed by atoms with Crippen molar-refractivity contribution in [2.75, 3.05) is 17.3 Å². The molecule has 0 saturated carbocycles. The molecular formula is C11H20O6S2. The Kier molecular flexibility index (Phi) is 5.00. The van der Waals surface area contributed by atoms with Gasteiger partial charge < -0.3 is 5.11 Å². The Labute approximate surface area is 114 Å². The zero-order valence-electron chi connectivity index (χ0n) is 11.1. The summed E-state index contributed by atoms with van der Waals surface area (Å²) >= 11 is 0. The van der Waals surface area contributed by atoms with E-state index in [9.17, 15) is 21.6 Å². The molecule has 1 saturated heterocycles. The molecule has 1 aliphatic heterocycles. The Morgan fingerprint density at radius 1 is 1.37 bits per heavy atom. The highest BCUT2D eigenvalue weighted by molar-refractivity contribution is 7.92. The van der Waals surface area contributed by atoms with Crippen LogP contribution in [0, 0.1) is 11.8 Å². The van der Waals surface area contributed by atoms with Crippen LogP contribution in [0.4, 0.5) is 0 Å². The lowest BCUT2D eigenvalue weighted by Gasteiger charge is -2.18. The molecule has 0 aromatic rings. The van der Waals surface area contributed by atoms with E-state index in [0.29, 0.717) is 6.42 Å². The fourth-order valence-electron chi connectivity index (χ4n) is 2.23. The van der Waals surface area contributed by atoms with Gasteiger partial charge in [-0.1, -0.05) is 0 Å². The zero-order chi connectivity index (χ0) is 14.8. The summed E-state index contributed by atoms with van der Waals surface area (Å²) in [7, 11) is -6.45. The Balaban J connectivity index is 2.74. The minimum absolute atomic E-state index is 0.00161. The number of aliphatic carboxylic acids is 1. The van der Waals surface area contributed by atoms with Crippen molar-refractivity contribution >= 4 is 25.6 Å². The third-order valence-electron chi connectivity index (χ3n) is 3.59. The maximum absolute atomic E-state index is 11.7. The van der Waals surface area contributed by atoms with Gasteiger partial charge in [0.2, 0.25) is 0 Å². The summed E-state index contributed by atoms with van der Waals surface area (Å²) in [6.07, 6.45) is 0.289. The molecule has 2 atom stereocenters. The van der Waals surface area contributed by atoms with Crippen LogP contribution in [-0.2, 0) is 24.5 Å². The summed E-state index contributed by atoms with van der Waals surface area (Å²) in [5.74, 6) is -2.83. The number of carboxylic acids is 1. The maximum Gasteiger partial charge on any atom is 0.306 e. The topological polar surface area (TPSA) is 106 Å². The lowest BCUT2D eigenvalue weighted by atomic mass is 9.90. The fourth-order valence-corrected chi connectivity index (χ4v) is 5.16. The van der Waals surface area contributed by atoms with Crippen LogP contribution in [0.3, 0.4) is 0 Å². The first-order valence-electron chi connectivity index (χ1n) is 6.20. The predicted molar refractivity (Wildman–Crippen MR) is 71.4 cm³/mol. The van der Waals surface area contributed by atoms with Crippen LogP contribution < -0.4 is 0 Å². The summed E-state index contributed by atoms with van der Waals surface area (Å²) in [5.41, 5.74) is 0. The molecule has 0 amide bonds. The summed E-state index contributed by atoms with van der Waals surface area (Å²) in [5, 5.41) is 8.60. The summed E-state index contributed by atoms with van der Waals surface area (Å²) in [6.45, 7) is 3.09. The summed E-state index contributed by atoms with van der Waals surface area (Å²) in [6, 6.07) is 0. The summed E-state index contributed by atoms with van der Waals surface area (Å²) in [4.78, 5) is 11.2. The van der Waals surface area contributed by atoms with E-state index in [1.165, 1.54) is 0 Å². The monoisotopic (exact) mass is 312 g/mol. The molecule has 0 bridgehead atoms. The second kappa shape index (κ2) is 5.78. The highest BCUT2D eigenvalue weighted by Gasteiger charge is 2.37. The quantitative estimate of drug-likeness (QED) is 0.758. The average molecular weight is 312 g/mol. The van der Waals surface area contributed by atoms with E-state index in [0.717, 1.165) is 0 Å². The van der Waals surface area contributed by atoms with Crippen LogP contribution in [-0.4, -0.2) is 50.4 Å². The van der Waals surface area contributed by atoms with Gasteiger partial charge in [-0.25, -0.2) is 16.8 Å². The van der Waals surface area contributed by atoms with Gasteiger partial charge in [0.1, 0.15) is 0 Å². The molecule has 0 aliphatic carbocycles. The van der Waals surface area contributed by atoms with Gasteiger partial charge in [0.15, 0.2) is 19.7 Å². The molecule has 6 nitrogen and oxygen atoms in total. The maximum atomic E-state index is 11.7. The molecule has 0 radical (unpaired) electrons. The van der Waals surface area contributed by atoms with Crippen LogP contribution in [0.1, 0.15) is 26.7 Å². The Bertz CT molecular complexity index is 532. The van der Waals surface area contributed by atoms with Crippen molar-refractivity contribution in [3.8, 4) is 0 Å². The average Bonchev–Trinajstić information content (AvgIpc) is 2.58. The molecule has 1 rings (SSSR count). The van der Waals surface area contributed by atoms with Crippen LogP contribution in [0.5, 0.6) is 0 Å². The smallest absolute Gasteiger partial charge is 0.306 e. The molecule has 1 heterocycles. The Morgan fingerprint density at radius 3 is 2.32 bits per heavy atom. The Hall–Kier alpha value is -0.630.